The monoisotopic (exact) mass is 1360 g/mol. The molecule has 98 heavy (non-hydrogen) atoms. The lowest BCUT2D eigenvalue weighted by atomic mass is 9.80. The third-order valence-corrected chi connectivity index (χ3v) is 14.4. The van der Waals surface area contributed by atoms with E-state index < -0.39 is 91.0 Å². The number of nitrogens with one attached hydrogen (secondary N) is 3. The first-order chi connectivity index (χ1) is 47.5. The first kappa shape index (κ1) is 74.5. The van der Waals surface area contributed by atoms with Gasteiger partial charge in [0.2, 0.25) is 0 Å². The van der Waals surface area contributed by atoms with Crippen molar-refractivity contribution >= 4 is 54.7 Å². The summed E-state index contributed by atoms with van der Waals surface area (Å²) in [6.07, 6.45) is -11.8. The molecule has 0 aromatic heterocycles. The lowest BCUT2D eigenvalue weighted by molar-refractivity contribution is -0.320. The topological polar surface area (TPSA) is 356 Å². The van der Waals surface area contributed by atoms with Gasteiger partial charge in [0.15, 0.2) is 40.8 Å². The number of hydrogen-bond acceptors (Lipinski definition) is 27. The molecule has 0 unspecified atom stereocenters. The van der Waals surface area contributed by atoms with Gasteiger partial charge in [0.05, 0.1) is 49.3 Å². The summed E-state index contributed by atoms with van der Waals surface area (Å²) in [5.74, 6) is -3.52. The lowest BCUT2D eigenvalue weighted by Gasteiger charge is -2.46. The van der Waals surface area contributed by atoms with Gasteiger partial charge in [-0.25, -0.2) is 28.8 Å². The summed E-state index contributed by atoms with van der Waals surface area (Å²) in [5.41, 5.74) is 1.09. The fraction of sp³-hybridized carbons (Fsp3) is 0.338. The molecule has 0 radical (unpaired) electrons. The second-order valence-electron chi connectivity index (χ2n) is 20.5. The molecule has 0 aliphatic carbocycles. The van der Waals surface area contributed by atoms with Crippen LogP contribution in [0.4, 0.5) is 28.8 Å². The predicted octanol–water partition coefficient (Wildman–Crippen LogP) is 8.85. The van der Waals surface area contributed by atoms with E-state index in [0.717, 1.165) is 59.3 Å². The standard InChI is InChI=1S/C68H73N3O27/c1-81-61-57(90-37-19-34-71-60(74)44-28-31-50(95-64(77)84-4)53(40-44)98-67(80)87-7)56(89-36-18-33-70-59(73)43-27-30-49(94-63(76)83-3)52(39-43)97-66(79)86-6)55(88-35-17-32-69-58(72)42-26-29-48(93-62(75)82-2)51(38-42)96-65(78)85-5)54(92-61)41-91-68(45-20-11-8-12-21-45,46-22-13-9-14-23-46)47-24-15-10-16-25-47/h8-16,20-31,38-40,54-57,61H,17-19,32-37,41H2,1-7H3,(H,69,72)(H,70,73)(H,71,74)/t54-,55-,56+,57-,61+/m1/s1. The number of methoxy groups -OCH3 is 7. The number of amides is 3. The van der Waals surface area contributed by atoms with Crippen molar-refractivity contribution in [3.8, 4) is 34.5 Å². The lowest BCUT2D eigenvalue weighted by Crippen LogP contribution is -2.62. The molecule has 5 atom stereocenters. The summed E-state index contributed by atoms with van der Waals surface area (Å²) in [5, 5.41) is 8.39. The van der Waals surface area contributed by atoms with Crippen LogP contribution in [0.5, 0.6) is 34.5 Å². The fourth-order valence-electron chi connectivity index (χ4n) is 9.76. The minimum Gasteiger partial charge on any atom is -0.437 e. The molecule has 30 heteroatoms. The number of benzene rings is 6. The Kier molecular flexibility index (Phi) is 28.9. The van der Waals surface area contributed by atoms with E-state index in [4.69, 9.17) is 56.8 Å². The van der Waals surface area contributed by atoms with Crippen LogP contribution in [-0.4, -0.2) is 181 Å². The number of carbonyl (C=O) groups is 9. The van der Waals surface area contributed by atoms with Crippen LogP contribution >= 0.6 is 0 Å². The molecule has 0 spiro atoms. The molecular weight excluding hydrogens is 1290 g/mol. The third-order valence-electron chi connectivity index (χ3n) is 14.4. The zero-order valence-electron chi connectivity index (χ0n) is 54.3. The second-order valence-corrected chi connectivity index (χ2v) is 20.5. The van der Waals surface area contributed by atoms with Gasteiger partial charge in [-0.2, -0.15) is 0 Å². The van der Waals surface area contributed by atoms with Crippen molar-refractivity contribution in [1.82, 2.24) is 16.0 Å². The maximum absolute atomic E-state index is 13.7. The van der Waals surface area contributed by atoms with Crippen LogP contribution < -0.4 is 44.4 Å². The Bertz CT molecular complexity index is 3560. The van der Waals surface area contributed by atoms with Crippen molar-refractivity contribution in [2.24, 2.45) is 0 Å². The maximum atomic E-state index is 13.7. The molecule has 0 bridgehead atoms. The summed E-state index contributed by atoms with van der Waals surface area (Å²) in [7, 11) is 7.85. The highest BCUT2D eigenvalue weighted by Crippen LogP contribution is 2.42. The van der Waals surface area contributed by atoms with Crippen LogP contribution in [0.3, 0.4) is 0 Å². The average Bonchev–Trinajstić information content (AvgIpc) is 0.756. The van der Waals surface area contributed by atoms with Crippen LogP contribution in [0, 0.1) is 0 Å². The molecule has 1 fully saturated rings. The second kappa shape index (κ2) is 38.0. The molecule has 3 amide bonds. The van der Waals surface area contributed by atoms with Gasteiger partial charge in [-0.05, 0) is 90.6 Å². The summed E-state index contributed by atoms with van der Waals surface area (Å²) in [4.78, 5) is 113. The van der Waals surface area contributed by atoms with E-state index in [1.165, 1.54) is 61.7 Å². The molecule has 1 aliphatic rings. The number of hydrogen-bond donors (Lipinski definition) is 3. The molecule has 6 aromatic rings. The van der Waals surface area contributed by atoms with Gasteiger partial charge in [-0.15, -0.1) is 0 Å². The summed E-state index contributed by atoms with van der Waals surface area (Å²) in [6, 6.07) is 40.0. The molecule has 1 saturated heterocycles. The zero-order valence-corrected chi connectivity index (χ0v) is 54.3. The number of carbonyl (C=O) groups excluding carboxylic acids is 9. The number of rotatable bonds is 31. The van der Waals surface area contributed by atoms with E-state index in [1.54, 1.807) is 0 Å². The third kappa shape index (κ3) is 20.8. The minimum absolute atomic E-state index is 0.00471. The predicted molar refractivity (Wildman–Crippen MR) is 338 cm³/mol. The number of ether oxygens (including phenoxy) is 18. The van der Waals surface area contributed by atoms with Crippen molar-refractivity contribution in [2.45, 2.75) is 55.6 Å². The van der Waals surface area contributed by atoms with Gasteiger partial charge in [-0.3, -0.25) is 14.4 Å². The van der Waals surface area contributed by atoms with Gasteiger partial charge in [0.25, 0.3) is 17.7 Å². The van der Waals surface area contributed by atoms with Crippen molar-refractivity contribution in [2.75, 3.05) is 95.8 Å². The Hall–Kier alpha value is -10.9. The van der Waals surface area contributed by atoms with Crippen LogP contribution in [-0.2, 0) is 62.4 Å². The quantitative estimate of drug-likeness (QED) is 0.0120. The average molecular weight is 1360 g/mol. The van der Waals surface area contributed by atoms with Crippen molar-refractivity contribution in [3.63, 3.8) is 0 Å². The Labute approximate surface area is 562 Å². The minimum atomic E-state index is -1.27. The van der Waals surface area contributed by atoms with Gasteiger partial charge < -0.3 is 101 Å². The van der Waals surface area contributed by atoms with E-state index in [2.05, 4.69) is 44.4 Å². The van der Waals surface area contributed by atoms with Gasteiger partial charge in [-0.1, -0.05) is 91.0 Å². The molecule has 1 heterocycles. The highest BCUT2D eigenvalue weighted by molar-refractivity contribution is 5.96. The summed E-state index contributed by atoms with van der Waals surface area (Å²) < 4.78 is 98.6. The van der Waals surface area contributed by atoms with Crippen LogP contribution in [0.1, 0.15) is 67.0 Å². The van der Waals surface area contributed by atoms with Crippen molar-refractivity contribution in [1.29, 1.82) is 0 Å². The smallest absolute Gasteiger partial charge is 0.437 e. The Morgan fingerprint density at radius 1 is 0.367 bits per heavy atom. The molecule has 30 nitrogen and oxygen atoms in total. The molecule has 3 N–H and O–H groups in total. The maximum Gasteiger partial charge on any atom is 0.513 e. The Morgan fingerprint density at radius 2 is 0.663 bits per heavy atom. The molecule has 0 saturated carbocycles. The normalized spacial score (nSPS) is 15.5. The van der Waals surface area contributed by atoms with Crippen molar-refractivity contribution < 1.29 is 128 Å². The van der Waals surface area contributed by atoms with Crippen LogP contribution in [0.25, 0.3) is 0 Å². The highest BCUT2D eigenvalue weighted by Gasteiger charge is 2.50. The van der Waals surface area contributed by atoms with E-state index in [-0.39, 0.29) is 117 Å². The molecule has 522 valence electrons. The van der Waals surface area contributed by atoms with Gasteiger partial charge in [0, 0.05) is 63.3 Å². The highest BCUT2D eigenvalue weighted by atomic mass is 16.8. The van der Waals surface area contributed by atoms with Gasteiger partial charge in [0.1, 0.15) is 30.0 Å². The summed E-state index contributed by atoms with van der Waals surface area (Å²) >= 11 is 0. The first-order valence-electron chi connectivity index (χ1n) is 30.1. The van der Waals surface area contributed by atoms with E-state index >= 15 is 0 Å². The van der Waals surface area contributed by atoms with Crippen LogP contribution in [0.15, 0.2) is 146 Å². The first-order valence-corrected chi connectivity index (χ1v) is 30.1. The summed E-state index contributed by atoms with van der Waals surface area (Å²) in [6.45, 7) is -0.328. The van der Waals surface area contributed by atoms with Gasteiger partial charge >= 0.3 is 36.9 Å². The molecule has 6 aromatic carbocycles. The van der Waals surface area contributed by atoms with Crippen molar-refractivity contribution in [3.05, 3.63) is 179 Å². The molecular formula is C68H73N3O27. The zero-order chi connectivity index (χ0) is 70.4. The van der Waals surface area contributed by atoms with Crippen LogP contribution in [0.2, 0.25) is 0 Å². The van der Waals surface area contributed by atoms with E-state index in [9.17, 15) is 43.2 Å². The van der Waals surface area contributed by atoms with E-state index in [1.807, 2.05) is 91.0 Å². The van der Waals surface area contributed by atoms with E-state index in [0.29, 0.717) is 0 Å². The fourth-order valence-corrected chi connectivity index (χ4v) is 9.76. The molecule has 7 rings (SSSR count). The SMILES string of the molecule is COC(=O)Oc1ccc(C(=O)NCCCO[C@@H]2[C@@H](OCCCNC(=O)c3ccc(OC(=O)OC)c(OC(=O)OC)c3)[C@@H](OC)O[C@H](COC(c3ccccc3)(c3ccccc3)c3ccccc3)[C@H]2OCCCNC(=O)c2ccc(OC(=O)OC)c(OC(=O)OC)c2)cc1OC(=O)OC. The Balaban J connectivity index is 1.18. The Morgan fingerprint density at radius 3 is 0.969 bits per heavy atom. The largest absolute Gasteiger partial charge is 0.513 e. The molecule has 1 aliphatic heterocycles.